The number of hydrogen-bond acceptors (Lipinski definition) is 2. The van der Waals surface area contributed by atoms with Crippen LogP contribution < -0.4 is 5.73 Å². The Labute approximate surface area is 155 Å². The lowest BCUT2D eigenvalue weighted by Crippen LogP contribution is -2.11. The molecule has 26 heavy (non-hydrogen) atoms. The predicted octanol–water partition coefficient (Wildman–Crippen LogP) is 4.27. The summed E-state index contributed by atoms with van der Waals surface area (Å²) in [6, 6.07) is 21.8. The molecular formula is C21H13ClN3O. The van der Waals surface area contributed by atoms with Crippen LogP contribution in [0.4, 0.5) is 0 Å². The molecule has 0 saturated carbocycles. The van der Waals surface area contributed by atoms with Crippen LogP contribution in [-0.2, 0) is 6.54 Å². The van der Waals surface area contributed by atoms with E-state index in [1.165, 1.54) is 0 Å². The fraction of sp³-hybridized carbons (Fsp3) is 0.0476. The van der Waals surface area contributed by atoms with Gasteiger partial charge in [-0.15, -0.1) is 0 Å². The molecule has 0 atom stereocenters. The molecule has 0 aliphatic heterocycles. The molecule has 2 N–H and O–H groups in total. The van der Waals surface area contributed by atoms with E-state index >= 15 is 0 Å². The molecule has 1 radical (unpaired) electrons. The molecule has 0 unspecified atom stereocenters. The molecule has 1 aromatic heterocycles. The number of nitriles is 1. The van der Waals surface area contributed by atoms with Gasteiger partial charge in [0.2, 0.25) is 5.91 Å². The van der Waals surface area contributed by atoms with Crippen molar-refractivity contribution in [3.8, 4) is 6.07 Å². The Bertz CT molecular complexity index is 1220. The van der Waals surface area contributed by atoms with Gasteiger partial charge >= 0.3 is 0 Å². The Balaban J connectivity index is 2.03. The average Bonchev–Trinajstić information content (AvgIpc) is 2.95. The van der Waals surface area contributed by atoms with Gasteiger partial charge < -0.3 is 10.3 Å². The molecule has 4 nitrogen and oxygen atoms in total. The number of carbonyl (C=O) groups is 1. The maximum absolute atomic E-state index is 11.9. The summed E-state index contributed by atoms with van der Waals surface area (Å²) in [5, 5.41) is 11.3. The van der Waals surface area contributed by atoms with Crippen LogP contribution in [0.3, 0.4) is 0 Å². The van der Waals surface area contributed by atoms with E-state index in [0.29, 0.717) is 22.7 Å². The lowest BCUT2D eigenvalue weighted by Gasteiger charge is -2.08. The maximum Gasteiger partial charge on any atom is 0.249 e. The quantitative estimate of drug-likeness (QED) is 0.594. The summed E-state index contributed by atoms with van der Waals surface area (Å²) in [7, 11) is 0. The standard InChI is InChI=1S/C21H13ClN3O/c22-15-7-8-16-19(10-15)25(12-14-4-1-3-13(9-14)11-23)18-6-2-5-17(20(16)18)21(24)26/h1-7,9-10H,12H2,(H2,24,26). The molecule has 5 heteroatoms. The van der Waals surface area contributed by atoms with Crippen LogP contribution in [0.1, 0.15) is 21.5 Å². The van der Waals surface area contributed by atoms with Crippen LogP contribution in [-0.4, -0.2) is 10.5 Å². The van der Waals surface area contributed by atoms with Gasteiger partial charge in [-0.25, -0.2) is 0 Å². The van der Waals surface area contributed by atoms with Gasteiger partial charge in [-0.1, -0.05) is 29.8 Å². The molecule has 0 bridgehead atoms. The van der Waals surface area contributed by atoms with Crippen molar-refractivity contribution in [1.82, 2.24) is 4.57 Å². The van der Waals surface area contributed by atoms with Crippen molar-refractivity contribution >= 4 is 39.3 Å². The highest BCUT2D eigenvalue weighted by Gasteiger charge is 2.17. The van der Waals surface area contributed by atoms with Crippen molar-refractivity contribution in [1.29, 1.82) is 5.26 Å². The third-order valence-electron chi connectivity index (χ3n) is 4.42. The number of carbonyl (C=O) groups excluding carboxylic acids is 1. The van der Waals surface area contributed by atoms with Crippen LogP contribution in [0.15, 0.2) is 54.6 Å². The minimum atomic E-state index is -0.482. The summed E-state index contributed by atoms with van der Waals surface area (Å²) >= 11 is 6.19. The third-order valence-corrected chi connectivity index (χ3v) is 4.64. The molecule has 0 saturated heterocycles. The first-order valence-electron chi connectivity index (χ1n) is 7.99. The smallest absolute Gasteiger partial charge is 0.249 e. The average molecular weight is 359 g/mol. The second kappa shape index (κ2) is 6.21. The number of rotatable bonds is 3. The highest BCUT2D eigenvalue weighted by Crippen LogP contribution is 2.33. The van der Waals surface area contributed by atoms with Crippen LogP contribution in [0.25, 0.3) is 21.8 Å². The van der Waals surface area contributed by atoms with Gasteiger partial charge in [-0.3, -0.25) is 4.79 Å². The Kier molecular flexibility index (Phi) is 3.87. The fourth-order valence-electron chi connectivity index (χ4n) is 3.33. The van der Waals surface area contributed by atoms with Crippen molar-refractivity contribution in [2.24, 2.45) is 5.73 Å². The van der Waals surface area contributed by atoms with Gasteiger partial charge in [0.05, 0.1) is 22.7 Å². The van der Waals surface area contributed by atoms with Crippen molar-refractivity contribution in [2.75, 3.05) is 0 Å². The number of nitrogens with zero attached hydrogens (tertiary/aromatic N) is 2. The minimum absolute atomic E-state index is 0.454. The Hall–Kier alpha value is -3.29. The molecule has 0 aliphatic rings. The molecule has 1 heterocycles. The number of amides is 1. The number of primary amides is 1. The monoisotopic (exact) mass is 358 g/mol. The van der Waals surface area contributed by atoms with Gasteiger partial charge in [0, 0.05) is 27.9 Å². The van der Waals surface area contributed by atoms with Gasteiger partial charge in [-0.2, -0.15) is 5.26 Å². The molecule has 0 aliphatic carbocycles. The van der Waals surface area contributed by atoms with Crippen LogP contribution in [0.5, 0.6) is 0 Å². The Morgan fingerprint density at radius 1 is 1.19 bits per heavy atom. The first-order chi connectivity index (χ1) is 12.6. The Morgan fingerprint density at radius 3 is 2.77 bits per heavy atom. The van der Waals surface area contributed by atoms with E-state index < -0.39 is 5.91 Å². The molecule has 125 valence electrons. The van der Waals surface area contributed by atoms with E-state index in [1.54, 1.807) is 18.2 Å². The van der Waals surface area contributed by atoms with Crippen LogP contribution in [0.2, 0.25) is 5.02 Å². The molecule has 4 aromatic rings. The highest BCUT2D eigenvalue weighted by molar-refractivity contribution is 6.31. The second-order valence-electron chi connectivity index (χ2n) is 6.04. The zero-order chi connectivity index (χ0) is 18.3. The molecule has 0 spiro atoms. The van der Waals surface area contributed by atoms with E-state index in [4.69, 9.17) is 22.6 Å². The van der Waals surface area contributed by atoms with E-state index in [1.807, 2.05) is 36.4 Å². The first-order valence-corrected chi connectivity index (χ1v) is 8.37. The SMILES string of the molecule is N#Cc1cccc(Cn2c3cc(Cl)c[c]c3c3c(C(N)=O)cccc32)c1. The third kappa shape index (κ3) is 2.59. The largest absolute Gasteiger partial charge is 0.366 e. The summed E-state index contributed by atoms with van der Waals surface area (Å²) in [5.74, 6) is -0.482. The van der Waals surface area contributed by atoms with Crippen LogP contribution in [0, 0.1) is 17.4 Å². The maximum atomic E-state index is 11.9. The van der Waals surface area contributed by atoms with Gasteiger partial charge in [0.15, 0.2) is 0 Å². The van der Waals surface area contributed by atoms with E-state index in [2.05, 4.69) is 16.7 Å². The van der Waals surface area contributed by atoms with Gasteiger partial charge in [0.1, 0.15) is 0 Å². The summed E-state index contributed by atoms with van der Waals surface area (Å²) in [6.45, 7) is 0.534. The molecular weight excluding hydrogens is 346 g/mol. The van der Waals surface area contributed by atoms with Gasteiger partial charge in [-0.05, 0) is 48.0 Å². The summed E-state index contributed by atoms with van der Waals surface area (Å²) in [6.07, 6.45) is 0. The first kappa shape index (κ1) is 16.2. The molecule has 0 fully saturated rings. The second-order valence-corrected chi connectivity index (χ2v) is 6.48. The van der Waals surface area contributed by atoms with E-state index in [9.17, 15) is 4.79 Å². The van der Waals surface area contributed by atoms with E-state index in [0.717, 1.165) is 27.4 Å². The topological polar surface area (TPSA) is 71.8 Å². The number of aromatic nitrogens is 1. The predicted molar refractivity (Wildman–Crippen MR) is 102 cm³/mol. The van der Waals surface area contributed by atoms with Crippen molar-refractivity contribution < 1.29 is 4.79 Å². The van der Waals surface area contributed by atoms with Crippen LogP contribution >= 0.6 is 11.6 Å². The van der Waals surface area contributed by atoms with Crippen molar-refractivity contribution in [3.05, 3.63) is 82.4 Å². The van der Waals surface area contributed by atoms with Gasteiger partial charge in [0.25, 0.3) is 0 Å². The fourth-order valence-corrected chi connectivity index (χ4v) is 3.49. The van der Waals surface area contributed by atoms with Crippen molar-refractivity contribution in [2.45, 2.75) is 6.54 Å². The van der Waals surface area contributed by atoms with E-state index in [-0.39, 0.29) is 0 Å². The molecule has 1 amide bonds. The Morgan fingerprint density at radius 2 is 2.00 bits per heavy atom. The molecule has 4 rings (SSSR count). The summed E-state index contributed by atoms with van der Waals surface area (Å²) < 4.78 is 2.07. The zero-order valence-corrected chi connectivity index (χ0v) is 14.4. The summed E-state index contributed by atoms with van der Waals surface area (Å²) in [4.78, 5) is 11.9. The number of hydrogen-bond donors (Lipinski definition) is 1. The number of fused-ring (bicyclic) bond motifs is 3. The highest BCUT2D eigenvalue weighted by atomic mass is 35.5. The lowest BCUT2D eigenvalue weighted by atomic mass is 10.1. The molecule has 3 aromatic carbocycles. The number of benzene rings is 3. The number of halogens is 1. The normalized spacial score (nSPS) is 10.9. The summed E-state index contributed by atoms with van der Waals surface area (Å²) in [5.41, 5.74) is 9.35. The lowest BCUT2D eigenvalue weighted by molar-refractivity contribution is 0.100. The minimum Gasteiger partial charge on any atom is -0.366 e. The number of nitrogens with two attached hydrogens (primary N) is 1. The zero-order valence-electron chi connectivity index (χ0n) is 13.7. The van der Waals surface area contributed by atoms with Crippen molar-refractivity contribution in [3.63, 3.8) is 0 Å².